The molecular formula is C36H25NOS. The lowest BCUT2D eigenvalue weighted by Gasteiger charge is -2.30. The first kappa shape index (κ1) is 23.4. The van der Waals surface area contributed by atoms with Crippen LogP contribution in [-0.4, -0.2) is 0 Å². The topological polar surface area (TPSA) is 12.5 Å². The van der Waals surface area contributed by atoms with Crippen LogP contribution in [0.5, 0.6) is 11.5 Å². The average molecular weight is 520 g/mol. The van der Waals surface area contributed by atoms with E-state index in [1.165, 1.54) is 22.3 Å². The lowest BCUT2D eigenvalue weighted by atomic mass is 10.0. The van der Waals surface area contributed by atoms with Crippen LogP contribution in [-0.2, 0) is 0 Å². The molecule has 0 saturated heterocycles. The standard InChI is InChI=1S/C36H25NOS/c1-3-10-26(11-4-1)28-18-22-30(23-19-28)37(31-24-20-29(21-25-31)27-12-5-2-6-13-27)32-14-9-17-35-36(32)38-33-15-7-8-16-34(33)39-35/h1-25H. The summed E-state index contributed by atoms with van der Waals surface area (Å²) in [6.45, 7) is 0. The van der Waals surface area contributed by atoms with Crippen LogP contribution in [0.4, 0.5) is 17.1 Å². The van der Waals surface area contributed by atoms with E-state index >= 15 is 0 Å². The zero-order valence-corrected chi connectivity index (χ0v) is 22.0. The first-order valence-corrected chi connectivity index (χ1v) is 13.8. The summed E-state index contributed by atoms with van der Waals surface area (Å²) in [6.07, 6.45) is 0. The minimum absolute atomic E-state index is 0.875. The third kappa shape index (κ3) is 4.58. The molecule has 0 saturated carbocycles. The number of fused-ring (bicyclic) bond motifs is 2. The van der Waals surface area contributed by atoms with E-state index < -0.39 is 0 Å². The van der Waals surface area contributed by atoms with Gasteiger partial charge in [0.2, 0.25) is 0 Å². The molecule has 39 heavy (non-hydrogen) atoms. The van der Waals surface area contributed by atoms with Gasteiger partial charge in [0, 0.05) is 11.4 Å². The van der Waals surface area contributed by atoms with Crippen LogP contribution in [0.3, 0.4) is 0 Å². The highest BCUT2D eigenvalue weighted by Gasteiger charge is 2.25. The van der Waals surface area contributed by atoms with Gasteiger partial charge in [-0.2, -0.15) is 0 Å². The highest BCUT2D eigenvalue weighted by molar-refractivity contribution is 7.99. The Morgan fingerprint density at radius 1 is 0.410 bits per heavy atom. The van der Waals surface area contributed by atoms with Crippen molar-refractivity contribution in [1.82, 2.24) is 0 Å². The molecule has 6 aromatic rings. The summed E-state index contributed by atoms with van der Waals surface area (Å²) in [6, 6.07) is 53.1. The molecule has 0 radical (unpaired) electrons. The Hall–Kier alpha value is -4.73. The lowest BCUT2D eigenvalue weighted by Crippen LogP contribution is -2.12. The molecule has 0 unspecified atom stereocenters. The monoisotopic (exact) mass is 519 g/mol. The maximum Gasteiger partial charge on any atom is 0.165 e. The maximum absolute atomic E-state index is 6.56. The molecule has 0 aliphatic carbocycles. The predicted octanol–water partition coefficient (Wildman–Crippen LogP) is 10.7. The van der Waals surface area contributed by atoms with E-state index in [0.717, 1.165) is 38.4 Å². The number of nitrogens with zero attached hydrogens (tertiary/aromatic N) is 1. The van der Waals surface area contributed by atoms with Crippen molar-refractivity contribution in [2.24, 2.45) is 0 Å². The molecule has 1 heterocycles. The minimum atomic E-state index is 0.875. The van der Waals surface area contributed by atoms with E-state index in [-0.39, 0.29) is 0 Å². The van der Waals surface area contributed by atoms with E-state index in [1.54, 1.807) is 11.8 Å². The van der Waals surface area contributed by atoms with Crippen molar-refractivity contribution in [1.29, 1.82) is 0 Å². The highest BCUT2D eigenvalue weighted by atomic mass is 32.2. The van der Waals surface area contributed by atoms with Crippen molar-refractivity contribution in [2.75, 3.05) is 4.90 Å². The maximum atomic E-state index is 6.56. The van der Waals surface area contributed by atoms with Crippen LogP contribution in [0.25, 0.3) is 22.3 Å². The van der Waals surface area contributed by atoms with Gasteiger partial charge >= 0.3 is 0 Å². The van der Waals surface area contributed by atoms with Crippen molar-refractivity contribution >= 4 is 28.8 Å². The van der Waals surface area contributed by atoms with Gasteiger partial charge in [0.25, 0.3) is 0 Å². The van der Waals surface area contributed by atoms with Crippen LogP contribution >= 0.6 is 11.8 Å². The first-order chi connectivity index (χ1) is 19.3. The van der Waals surface area contributed by atoms with Crippen molar-refractivity contribution in [3.8, 4) is 33.8 Å². The molecule has 186 valence electrons. The van der Waals surface area contributed by atoms with E-state index in [1.807, 2.05) is 24.3 Å². The van der Waals surface area contributed by atoms with Gasteiger partial charge in [-0.05, 0) is 70.8 Å². The van der Waals surface area contributed by atoms with Crippen LogP contribution in [0.15, 0.2) is 161 Å². The third-order valence-electron chi connectivity index (χ3n) is 6.95. The third-order valence-corrected chi connectivity index (χ3v) is 8.04. The first-order valence-electron chi connectivity index (χ1n) is 13.0. The average Bonchev–Trinajstić information content (AvgIpc) is 3.02. The van der Waals surface area contributed by atoms with Crippen LogP contribution in [0.2, 0.25) is 0 Å². The van der Waals surface area contributed by atoms with E-state index in [9.17, 15) is 0 Å². The molecule has 0 fully saturated rings. The van der Waals surface area contributed by atoms with Gasteiger partial charge in [0.15, 0.2) is 5.75 Å². The number of hydrogen-bond acceptors (Lipinski definition) is 3. The van der Waals surface area contributed by atoms with Gasteiger partial charge in [-0.3, -0.25) is 0 Å². The Balaban J connectivity index is 1.34. The van der Waals surface area contributed by atoms with E-state index in [4.69, 9.17) is 4.74 Å². The molecule has 1 aliphatic rings. The number of para-hydroxylation sites is 2. The number of anilines is 3. The fraction of sp³-hybridized carbons (Fsp3) is 0. The summed E-state index contributed by atoms with van der Waals surface area (Å²) in [5, 5.41) is 0. The Kier molecular flexibility index (Phi) is 6.12. The van der Waals surface area contributed by atoms with Crippen molar-refractivity contribution in [2.45, 2.75) is 9.79 Å². The molecule has 0 spiro atoms. The smallest absolute Gasteiger partial charge is 0.165 e. The van der Waals surface area contributed by atoms with E-state index in [2.05, 4.69) is 132 Å². The molecule has 6 aromatic carbocycles. The highest BCUT2D eigenvalue weighted by Crippen LogP contribution is 2.53. The molecule has 0 amide bonds. The van der Waals surface area contributed by atoms with E-state index in [0.29, 0.717) is 0 Å². The van der Waals surface area contributed by atoms with Gasteiger partial charge in [0.1, 0.15) is 5.75 Å². The summed E-state index contributed by atoms with van der Waals surface area (Å²) in [5.41, 5.74) is 7.94. The number of rotatable bonds is 5. The molecule has 7 rings (SSSR count). The summed E-state index contributed by atoms with van der Waals surface area (Å²) >= 11 is 1.75. The molecule has 2 nitrogen and oxygen atoms in total. The largest absolute Gasteiger partial charge is 0.453 e. The van der Waals surface area contributed by atoms with Gasteiger partial charge in [-0.1, -0.05) is 115 Å². The SMILES string of the molecule is c1ccc(-c2ccc(N(c3ccc(-c4ccccc4)cc3)c3cccc4c3Oc3ccccc3S4)cc2)cc1. The van der Waals surface area contributed by atoms with Gasteiger partial charge < -0.3 is 9.64 Å². The molecule has 1 aliphatic heterocycles. The fourth-order valence-corrected chi connectivity index (χ4v) is 5.98. The van der Waals surface area contributed by atoms with Crippen LogP contribution < -0.4 is 9.64 Å². The Morgan fingerprint density at radius 2 is 0.897 bits per heavy atom. The Labute approximate surface area is 233 Å². The van der Waals surface area contributed by atoms with Crippen LogP contribution in [0.1, 0.15) is 0 Å². The molecule has 0 atom stereocenters. The van der Waals surface area contributed by atoms with Crippen molar-refractivity contribution in [3.63, 3.8) is 0 Å². The van der Waals surface area contributed by atoms with Crippen molar-refractivity contribution < 1.29 is 4.74 Å². The minimum Gasteiger partial charge on any atom is -0.453 e. The molecule has 3 heteroatoms. The summed E-state index contributed by atoms with van der Waals surface area (Å²) < 4.78 is 6.56. The molecule has 0 N–H and O–H groups in total. The quantitative estimate of drug-likeness (QED) is 0.224. The molecular weight excluding hydrogens is 494 g/mol. The summed E-state index contributed by atoms with van der Waals surface area (Å²) in [4.78, 5) is 4.53. The number of ether oxygens (including phenoxy) is 1. The van der Waals surface area contributed by atoms with Gasteiger partial charge in [-0.15, -0.1) is 0 Å². The Bertz CT molecular complexity index is 1650. The zero-order valence-electron chi connectivity index (χ0n) is 21.2. The second kappa shape index (κ2) is 10.2. The molecule has 0 aromatic heterocycles. The second-order valence-corrected chi connectivity index (χ2v) is 10.5. The predicted molar refractivity (Wildman–Crippen MR) is 163 cm³/mol. The molecule has 0 bridgehead atoms. The summed E-state index contributed by atoms with van der Waals surface area (Å²) in [5.74, 6) is 1.77. The van der Waals surface area contributed by atoms with Gasteiger partial charge in [0.05, 0.1) is 15.5 Å². The number of benzene rings is 6. The Morgan fingerprint density at radius 3 is 1.49 bits per heavy atom. The van der Waals surface area contributed by atoms with Crippen LogP contribution in [0, 0.1) is 0 Å². The zero-order chi connectivity index (χ0) is 26.0. The lowest BCUT2D eigenvalue weighted by molar-refractivity contribution is 0.456. The van der Waals surface area contributed by atoms with Crippen molar-refractivity contribution in [3.05, 3.63) is 152 Å². The number of hydrogen-bond donors (Lipinski definition) is 0. The normalized spacial score (nSPS) is 11.7. The summed E-state index contributed by atoms with van der Waals surface area (Å²) in [7, 11) is 0. The van der Waals surface area contributed by atoms with Gasteiger partial charge in [-0.25, -0.2) is 0 Å². The fourth-order valence-electron chi connectivity index (χ4n) is 5.00. The second-order valence-electron chi connectivity index (χ2n) is 9.42.